The van der Waals surface area contributed by atoms with E-state index in [9.17, 15) is 17.6 Å². The Hall–Kier alpha value is -4.77. The number of anilines is 1. The molecule has 1 N–H and O–H groups in total. The smallest absolute Gasteiger partial charge is 0.264 e. The lowest BCUT2D eigenvalue weighted by Gasteiger charge is -2.21. The van der Waals surface area contributed by atoms with E-state index in [4.69, 9.17) is 8.94 Å². The molecule has 0 spiro atoms. The Labute approximate surface area is 236 Å². The van der Waals surface area contributed by atoms with Gasteiger partial charge in [0.2, 0.25) is 17.7 Å². The first kappa shape index (κ1) is 27.8. The number of oxazole rings is 1. The van der Waals surface area contributed by atoms with E-state index in [1.54, 1.807) is 75.5 Å². The molecule has 0 fully saturated rings. The molecule has 210 valence electrons. The highest BCUT2D eigenvalue weighted by Gasteiger charge is 2.25. The molecule has 0 aliphatic carbocycles. The third-order valence-corrected chi connectivity index (χ3v) is 8.16. The molecule has 2 aromatic heterocycles. The Bertz CT molecular complexity index is 1820. The Morgan fingerprint density at radius 1 is 1.00 bits per heavy atom. The predicted octanol–water partition coefficient (Wildman–Crippen LogP) is 5.75. The van der Waals surface area contributed by atoms with Crippen molar-refractivity contribution in [2.45, 2.75) is 31.7 Å². The molecule has 5 rings (SSSR count). The summed E-state index contributed by atoms with van der Waals surface area (Å²) in [5.41, 5.74) is 3.73. The number of rotatable bonds is 9. The van der Waals surface area contributed by atoms with Gasteiger partial charge in [0.15, 0.2) is 0 Å². The number of nitrogens with one attached hydrogen (secondary N) is 1. The number of aryl methyl sites for hydroxylation is 1. The van der Waals surface area contributed by atoms with Crippen LogP contribution in [0.5, 0.6) is 0 Å². The minimum absolute atomic E-state index is 0.0129. The highest BCUT2D eigenvalue weighted by Crippen LogP contribution is 2.34. The Morgan fingerprint density at radius 2 is 1.76 bits per heavy atom. The van der Waals surface area contributed by atoms with Gasteiger partial charge < -0.3 is 13.8 Å². The van der Waals surface area contributed by atoms with Gasteiger partial charge in [-0.25, -0.2) is 22.5 Å². The molecule has 0 aliphatic rings. The maximum atomic E-state index is 14.2. The molecule has 0 aliphatic heterocycles. The van der Waals surface area contributed by atoms with Crippen molar-refractivity contribution in [3.63, 3.8) is 0 Å². The van der Waals surface area contributed by atoms with E-state index in [0.717, 1.165) is 0 Å². The van der Waals surface area contributed by atoms with E-state index in [-0.39, 0.29) is 29.7 Å². The topological polar surface area (TPSA) is 119 Å². The molecule has 41 heavy (non-hydrogen) atoms. The zero-order valence-corrected chi connectivity index (χ0v) is 23.4. The van der Waals surface area contributed by atoms with Crippen LogP contribution in [0, 0.1) is 19.7 Å². The Kier molecular flexibility index (Phi) is 7.71. The molecule has 0 unspecified atom stereocenters. The van der Waals surface area contributed by atoms with E-state index in [2.05, 4.69) is 14.9 Å². The largest absolute Gasteiger partial charge is 0.445 e. The third kappa shape index (κ3) is 5.90. The maximum absolute atomic E-state index is 14.2. The summed E-state index contributed by atoms with van der Waals surface area (Å²) >= 11 is 0. The molecular formula is C30H27FN4O5S. The second-order valence-corrected chi connectivity index (χ2v) is 11.2. The molecule has 2 heterocycles. The Balaban J connectivity index is 1.54. The second-order valence-electron chi connectivity index (χ2n) is 9.55. The van der Waals surface area contributed by atoms with Crippen LogP contribution in [0.4, 0.5) is 10.3 Å². The average molecular weight is 575 g/mol. The van der Waals surface area contributed by atoms with Crippen LogP contribution in [0.25, 0.3) is 22.6 Å². The molecule has 11 heteroatoms. The molecule has 0 atom stereocenters. The van der Waals surface area contributed by atoms with E-state index >= 15 is 0 Å². The summed E-state index contributed by atoms with van der Waals surface area (Å²) in [7, 11) is -2.48. The van der Waals surface area contributed by atoms with Crippen LogP contribution in [-0.2, 0) is 27.8 Å². The SMILES string of the molecule is Cc1noc(NS(=O)(=O)c2ccccc2-c2ccc(-c3ncco3)cc2CN(C)C(=O)Cc2ccccc2F)c1C. The van der Waals surface area contributed by atoms with Crippen molar-refractivity contribution >= 4 is 21.8 Å². The lowest BCUT2D eigenvalue weighted by atomic mass is 9.96. The van der Waals surface area contributed by atoms with Crippen LogP contribution >= 0.6 is 0 Å². The zero-order chi connectivity index (χ0) is 29.1. The molecule has 3 aromatic carbocycles. The average Bonchev–Trinajstić information content (AvgIpc) is 3.61. The minimum Gasteiger partial charge on any atom is -0.445 e. The fraction of sp³-hybridized carbons (Fsp3) is 0.167. The van der Waals surface area contributed by atoms with Gasteiger partial charge in [0.05, 0.1) is 23.2 Å². The maximum Gasteiger partial charge on any atom is 0.264 e. The summed E-state index contributed by atoms with van der Waals surface area (Å²) in [6.45, 7) is 3.54. The summed E-state index contributed by atoms with van der Waals surface area (Å²) in [4.78, 5) is 18.8. The summed E-state index contributed by atoms with van der Waals surface area (Å²) in [5.74, 6) is -0.349. The molecule has 0 saturated heterocycles. The summed E-state index contributed by atoms with van der Waals surface area (Å²) in [6, 6.07) is 18.0. The van der Waals surface area contributed by atoms with E-state index < -0.39 is 15.8 Å². The van der Waals surface area contributed by atoms with Gasteiger partial charge in [0.25, 0.3) is 10.0 Å². The number of hydrogen-bond acceptors (Lipinski definition) is 7. The van der Waals surface area contributed by atoms with E-state index in [0.29, 0.717) is 45.0 Å². The van der Waals surface area contributed by atoms with Crippen LogP contribution < -0.4 is 4.72 Å². The minimum atomic E-state index is -4.10. The fourth-order valence-electron chi connectivity index (χ4n) is 4.38. The van der Waals surface area contributed by atoms with E-state index in [1.807, 2.05) is 0 Å². The van der Waals surface area contributed by atoms with Crippen LogP contribution in [0.2, 0.25) is 0 Å². The van der Waals surface area contributed by atoms with Crippen molar-refractivity contribution < 1.29 is 26.5 Å². The number of likely N-dealkylation sites (N-methyl/N-ethyl adjacent to an activating group) is 1. The number of sulfonamides is 1. The number of carbonyl (C=O) groups excluding carboxylic acids is 1. The number of carbonyl (C=O) groups is 1. The third-order valence-electron chi connectivity index (χ3n) is 6.77. The quantitative estimate of drug-likeness (QED) is 0.238. The van der Waals surface area contributed by atoms with Gasteiger partial charge in [-0.05, 0) is 54.8 Å². The highest BCUT2D eigenvalue weighted by molar-refractivity contribution is 7.92. The number of hydrogen-bond donors (Lipinski definition) is 1. The van der Waals surface area contributed by atoms with Crippen molar-refractivity contribution in [2.24, 2.45) is 0 Å². The van der Waals surface area contributed by atoms with Crippen LogP contribution in [0.3, 0.4) is 0 Å². The predicted molar refractivity (Wildman–Crippen MR) is 151 cm³/mol. The standard InChI is InChI=1S/C30H27FN4O5S/c1-19-20(2)33-40-29(19)34-41(37,38)27-11-7-5-9-25(27)24-13-12-22(30-32-14-15-39-30)16-23(24)18-35(3)28(36)17-21-8-4-6-10-26(21)31/h4-16,34H,17-18H2,1-3H3. The number of benzene rings is 3. The van der Waals surface area contributed by atoms with E-state index in [1.165, 1.54) is 29.5 Å². The van der Waals surface area contributed by atoms with Gasteiger partial charge in [0, 0.05) is 30.3 Å². The van der Waals surface area contributed by atoms with Gasteiger partial charge in [-0.15, -0.1) is 0 Å². The first-order valence-electron chi connectivity index (χ1n) is 12.7. The fourth-order valence-corrected chi connectivity index (χ4v) is 5.65. The molecule has 0 bridgehead atoms. The van der Waals surface area contributed by atoms with Crippen molar-refractivity contribution in [3.8, 4) is 22.6 Å². The van der Waals surface area contributed by atoms with Gasteiger partial charge in [-0.3, -0.25) is 4.79 Å². The molecule has 9 nitrogen and oxygen atoms in total. The molecule has 0 radical (unpaired) electrons. The summed E-state index contributed by atoms with van der Waals surface area (Å²) in [5, 5.41) is 3.83. The molecule has 1 amide bonds. The van der Waals surface area contributed by atoms with Crippen LogP contribution in [0.15, 0.2) is 93.0 Å². The number of amides is 1. The van der Waals surface area contributed by atoms with Gasteiger partial charge in [-0.2, -0.15) is 0 Å². The molecular weight excluding hydrogens is 547 g/mol. The highest BCUT2D eigenvalue weighted by atomic mass is 32.2. The van der Waals surface area contributed by atoms with Crippen LogP contribution in [0.1, 0.15) is 22.4 Å². The van der Waals surface area contributed by atoms with Crippen LogP contribution in [-0.4, -0.2) is 36.4 Å². The first-order valence-corrected chi connectivity index (χ1v) is 14.2. The monoisotopic (exact) mass is 574 g/mol. The lowest BCUT2D eigenvalue weighted by Crippen LogP contribution is -2.28. The number of halogens is 1. The van der Waals surface area contributed by atoms with Gasteiger partial charge >= 0.3 is 0 Å². The molecule has 0 saturated carbocycles. The number of nitrogens with zero attached hydrogens (tertiary/aromatic N) is 3. The lowest BCUT2D eigenvalue weighted by molar-refractivity contribution is -0.129. The van der Waals surface area contributed by atoms with Crippen molar-refractivity contribution in [3.05, 3.63) is 107 Å². The molecule has 5 aromatic rings. The van der Waals surface area contributed by atoms with Crippen molar-refractivity contribution in [1.82, 2.24) is 15.0 Å². The first-order chi connectivity index (χ1) is 19.6. The van der Waals surface area contributed by atoms with Gasteiger partial charge in [-0.1, -0.05) is 47.6 Å². The summed E-state index contributed by atoms with van der Waals surface area (Å²) in [6.07, 6.45) is 2.85. The number of aromatic nitrogens is 2. The van der Waals surface area contributed by atoms with Gasteiger partial charge in [0.1, 0.15) is 12.1 Å². The van der Waals surface area contributed by atoms with Crippen molar-refractivity contribution in [2.75, 3.05) is 11.8 Å². The zero-order valence-electron chi connectivity index (χ0n) is 22.6. The Morgan fingerprint density at radius 3 is 2.46 bits per heavy atom. The van der Waals surface area contributed by atoms with Crippen molar-refractivity contribution in [1.29, 1.82) is 0 Å². The normalized spacial score (nSPS) is 11.4. The second kappa shape index (κ2) is 11.4. The summed E-state index contributed by atoms with van der Waals surface area (Å²) < 4.78 is 54.5.